The Hall–Kier alpha value is -3.09. The fourth-order valence-electron chi connectivity index (χ4n) is 3.90. The number of rotatable bonds is 7. The third-order valence-electron chi connectivity index (χ3n) is 5.47. The summed E-state index contributed by atoms with van der Waals surface area (Å²) in [7, 11) is 1.73. The van der Waals surface area contributed by atoms with Crippen molar-refractivity contribution in [2.24, 2.45) is 10.9 Å². The fraction of sp³-hybridized carbons (Fsp3) is 0.435. The molecule has 7 heteroatoms. The second-order valence-corrected chi connectivity index (χ2v) is 7.54. The smallest absolute Gasteiger partial charge is 0.231 e. The van der Waals surface area contributed by atoms with E-state index in [1.165, 1.54) is 5.69 Å². The molecule has 0 aromatic heterocycles. The molecule has 0 spiro atoms. The largest absolute Gasteiger partial charge is 0.495 e. The molecule has 2 aromatic rings. The number of hydrogen-bond donors (Lipinski definition) is 2. The highest BCUT2D eigenvalue weighted by atomic mass is 16.7. The van der Waals surface area contributed by atoms with E-state index < -0.39 is 0 Å². The average molecular weight is 411 g/mol. The van der Waals surface area contributed by atoms with Gasteiger partial charge in [0, 0.05) is 26.2 Å². The number of aliphatic imine (C=N–C) groups is 1. The standard InChI is InChI=1S/C23H30N4O3/c1-3-24-23(25-13-17-8-9-21-22(12-17)30-16-29-21)26-14-18-10-11-27(15-18)19-6-4-5-7-20(19)28-2/h4-9,12,18H,3,10-11,13-16H2,1-2H3,(H2,24,25,26). The molecule has 30 heavy (non-hydrogen) atoms. The normalized spacial score (nSPS) is 17.9. The van der Waals surface area contributed by atoms with Gasteiger partial charge in [0.05, 0.1) is 19.3 Å². The summed E-state index contributed by atoms with van der Waals surface area (Å²) in [6, 6.07) is 14.2. The Morgan fingerprint density at radius 2 is 2.03 bits per heavy atom. The van der Waals surface area contributed by atoms with Crippen LogP contribution in [0.1, 0.15) is 18.9 Å². The molecule has 1 fully saturated rings. The number of anilines is 1. The van der Waals surface area contributed by atoms with Crippen molar-refractivity contribution >= 4 is 11.6 Å². The van der Waals surface area contributed by atoms with Gasteiger partial charge in [0.25, 0.3) is 0 Å². The lowest BCUT2D eigenvalue weighted by Crippen LogP contribution is -2.40. The van der Waals surface area contributed by atoms with Crippen molar-refractivity contribution in [2.75, 3.05) is 45.0 Å². The number of nitrogens with zero attached hydrogens (tertiary/aromatic N) is 2. The van der Waals surface area contributed by atoms with Gasteiger partial charge in [0.15, 0.2) is 17.5 Å². The van der Waals surface area contributed by atoms with Crippen molar-refractivity contribution in [3.8, 4) is 17.2 Å². The van der Waals surface area contributed by atoms with E-state index in [0.717, 1.165) is 61.4 Å². The molecule has 1 atom stereocenters. The first kappa shape index (κ1) is 20.2. The fourth-order valence-corrected chi connectivity index (χ4v) is 3.90. The second kappa shape index (κ2) is 9.61. The number of methoxy groups -OCH3 is 1. The first-order valence-electron chi connectivity index (χ1n) is 10.6. The van der Waals surface area contributed by atoms with Gasteiger partial charge in [-0.2, -0.15) is 0 Å². The minimum atomic E-state index is 0.291. The Kier molecular flexibility index (Phi) is 6.47. The van der Waals surface area contributed by atoms with Crippen molar-refractivity contribution in [1.29, 1.82) is 0 Å². The molecule has 2 aliphatic heterocycles. The van der Waals surface area contributed by atoms with Gasteiger partial charge in [-0.3, -0.25) is 0 Å². The molecule has 2 aromatic carbocycles. The van der Waals surface area contributed by atoms with Crippen LogP contribution in [0.2, 0.25) is 0 Å². The lowest BCUT2D eigenvalue weighted by atomic mass is 10.1. The van der Waals surface area contributed by atoms with Gasteiger partial charge in [-0.25, -0.2) is 4.99 Å². The number of fused-ring (bicyclic) bond motifs is 1. The molecule has 0 aliphatic carbocycles. The summed E-state index contributed by atoms with van der Waals surface area (Å²) in [5, 5.41) is 6.85. The molecule has 0 amide bonds. The number of ether oxygens (including phenoxy) is 3. The maximum atomic E-state index is 5.52. The SMILES string of the molecule is CCNC(=NCc1ccc2c(c1)OCO2)NCC1CCN(c2ccccc2OC)C1. The predicted molar refractivity (Wildman–Crippen MR) is 119 cm³/mol. The highest BCUT2D eigenvalue weighted by Gasteiger charge is 2.24. The maximum absolute atomic E-state index is 5.52. The van der Waals surface area contributed by atoms with Crippen LogP contribution in [0.15, 0.2) is 47.5 Å². The highest BCUT2D eigenvalue weighted by Crippen LogP contribution is 2.33. The summed E-state index contributed by atoms with van der Waals surface area (Å²) < 4.78 is 16.4. The summed E-state index contributed by atoms with van der Waals surface area (Å²) in [6.07, 6.45) is 1.15. The van der Waals surface area contributed by atoms with Gasteiger partial charge < -0.3 is 29.7 Å². The third-order valence-corrected chi connectivity index (χ3v) is 5.47. The third kappa shape index (κ3) is 4.72. The van der Waals surface area contributed by atoms with Crippen LogP contribution in [0, 0.1) is 5.92 Å². The number of nitrogens with one attached hydrogen (secondary N) is 2. The topological polar surface area (TPSA) is 67.4 Å². The zero-order chi connectivity index (χ0) is 20.8. The molecule has 7 nitrogen and oxygen atoms in total. The number of para-hydroxylation sites is 2. The van der Waals surface area contributed by atoms with Crippen LogP contribution in [-0.2, 0) is 6.54 Å². The van der Waals surface area contributed by atoms with Crippen LogP contribution < -0.4 is 29.7 Å². The zero-order valence-electron chi connectivity index (χ0n) is 17.7. The number of guanidine groups is 1. The van der Waals surface area contributed by atoms with Crippen LogP contribution in [-0.4, -0.2) is 46.0 Å². The summed E-state index contributed by atoms with van der Waals surface area (Å²) >= 11 is 0. The lowest BCUT2D eigenvalue weighted by Gasteiger charge is -2.21. The van der Waals surface area contributed by atoms with E-state index in [-0.39, 0.29) is 0 Å². The van der Waals surface area contributed by atoms with Gasteiger partial charge in [-0.15, -0.1) is 0 Å². The maximum Gasteiger partial charge on any atom is 0.231 e. The predicted octanol–water partition coefficient (Wildman–Crippen LogP) is 3.01. The van der Waals surface area contributed by atoms with Crippen LogP contribution in [0.25, 0.3) is 0 Å². The Balaban J connectivity index is 1.32. The van der Waals surface area contributed by atoms with E-state index in [0.29, 0.717) is 19.3 Å². The van der Waals surface area contributed by atoms with Crippen LogP contribution >= 0.6 is 0 Å². The minimum Gasteiger partial charge on any atom is -0.495 e. The van der Waals surface area contributed by atoms with Gasteiger partial charge in [-0.1, -0.05) is 18.2 Å². The Bertz CT molecular complexity index is 887. The monoisotopic (exact) mass is 410 g/mol. The van der Waals surface area contributed by atoms with E-state index in [2.05, 4.69) is 34.6 Å². The van der Waals surface area contributed by atoms with Crippen molar-refractivity contribution in [3.63, 3.8) is 0 Å². The molecule has 0 radical (unpaired) electrons. The van der Waals surface area contributed by atoms with Crippen molar-refractivity contribution < 1.29 is 14.2 Å². The van der Waals surface area contributed by atoms with Gasteiger partial charge in [0.2, 0.25) is 6.79 Å². The van der Waals surface area contributed by atoms with E-state index in [9.17, 15) is 0 Å². The molecular formula is C23H30N4O3. The average Bonchev–Trinajstić information content (AvgIpc) is 3.44. The van der Waals surface area contributed by atoms with Gasteiger partial charge in [0.1, 0.15) is 5.75 Å². The molecule has 0 bridgehead atoms. The number of benzene rings is 2. The molecule has 1 saturated heterocycles. The Morgan fingerprint density at radius 3 is 2.90 bits per heavy atom. The molecule has 2 heterocycles. The van der Waals surface area contributed by atoms with Crippen LogP contribution in [0.5, 0.6) is 17.2 Å². The first-order chi connectivity index (χ1) is 14.8. The molecule has 4 rings (SSSR count). The Labute approximate surface area is 178 Å². The number of hydrogen-bond acceptors (Lipinski definition) is 5. The molecule has 0 saturated carbocycles. The van der Waals surface area contributed by atoms with Gasteiger partial charge >= 0.3 is 0 Å². The van der Waals surface area contributed by atoms with Crippen molar-refractivity contribution in [1.82, 2.24) is 10.6 Å². The summed E-state index contributed by atoms with van der Waals surface area (Å²) in [5.74, 6) is 3.93. The van der Waals surface area contributed by atoms with E-state index in [1.807, 2.05) is 30.3 Å². The lowest BCUT2D eigenvalue weighted by molar-refractivity contribution is 0.174. The molecule has 2 N–H and O–H groups in total. The van der Waals surface area contributed by atoms with Crippen molar-refractivity contribution in [3.05, 3.63) is 48.0 Å². The van der Waals surface area contributed by atoms with Crippen molar-refractivity contribution in [2.45, 2.75) is 19.9 Å². The minimum absolute atomic E-state index is 0.291. The molecule has 2 aliphatic rings. The highest BCUT2D eigenvalue weighted by molar-refractivity contribution is 5.79. The van der Waals surface area contributed by atoms with Crippen LogP contribution in [0.3, 0.4) is 0 Å². The van der Waals surface area contributed by atoms with Gasteiger partial charge in [-0.05, 0) is 49.1 Å². The van der Waals surface area contributed by atoms with E-state index in [4.69, 9.17) is 19.2 Å². The first-order valence-corrected chi connectivity index (χ1v) is 10.6. The second-order valence-electron chi connectivity index (χ2n) is 7.54. The van der Waals surface area contributed by atoms with E-state index >= 15 is 0 Å². The molecular weight excluding hydrogens is 380 g/mol. The van der Waals surface area contributed by atoms with Crippen LogP contribution in [0.4, 0.5) is 5.69 Å². The quantitative estimate of drug-likeness (QED) is 0.540. The molecule has 1 unspecified atom stereocenters. The zero-order valence-corrected chi connectivity index (χ0v) is 17.7. The Morgan fingerprint density at radius 1 is 1.17 bits per heavy atom. The summed E-state index contributed by atoms with van der Waals surface area (Å²) in [6.45, 7) is 6.72. The summed E-state index contributed by atoms with van der Waals surface area (Å²) in [4.78, 5) is 7.14. The summed E-state index contributed by atoms with van der Waals surface area (Å²) in [5.41, 5.74) is 2.27. The van der Waals surface area contributed by atoms with E-state index in [1.54, 1.807) is 7.11 Å². The molecule has 160 valence electrons.